The lowest BCUT2D eigenvalue weighted by Gasteiger charge is -2.41. The van der Waals surface area contributed by atoms with Gasteiger partial charge in [-0.05, 0) is 69.5 Å². The van der Waals surface area contributed by atoms with Crippen LogP contribution in [-0.2, 0) is 4.74 Å². The maximum Gasteiger partial charge on any atom is 0.339 e. The molecule has 0 radical (unpaired) electrons. The molecular weight excluding hydrogens is 471 g/mol. The molecule has 2 unspecified atom stereocenters. The van der Waals surface area contributed by atoms with Gasteiger partial charge < -0.3 is 19.4 Å². The van der Waals surface area contributed by atoms with Crippen LogP contribution in [0.25, 0.3) is 11.3 Å². The zero-order valence-corrected chi connectivity index (χ0v) is 21.8. The van der Waals surface area contributed by atoms with E-state index in [9.17, 15) is 9.18 Å². The Kier molecular flexibility index (Phi) is 6.95. The monoisotopic (exact) mass is 504 g/mol. The van der Waals surface area contributed by atoms with Gasteiger partial charge in [-0.15, -0.1) is 0 Å². The topological polar surface area (TPSA) is 74.7 Å². The number of benzene rings is 1. The number of piperazine rings is 1. The summed E-state index contributed by atoms with van der Waals surface area (Å²) < 4.78 is 18.4. The number of carbonyl (C=O) groups excluding carboxylic acids is 1. The van der Waals surface area contributed by atoms with Crippen molar-refractivity contribution in [3.63, 3.8) is 0 Å². The molecule has 37 heavy (non-hydrogen) atoms. The Morgan fingerprint density at radius 3 is 2.46 bits per heavy atom. The molecule has 8 nitrogen and oxygen atoms in total. The van der Waals surface area contributed by atoms with Crippen LogP contribution >= 0.6 is 0 Å². The van der Waals surface area contributed by atoms with Crippen LogP contribution in [0.15, 0.2) is 42.6 Å². The van der Waals surface area contributed by atoms with E-state index in [1.807, 2.05) is 19.1 Å². The van der Waals surface area contributed by atoms with E-state index in [-0.39, 0.29) is 17.8 Å². The molecule has 2 aliphatic heterocycles. The van der Waals surface area contributed by atoms with E-state index in [1.165, 1.54) is 19.2 Å². The van der Waals surface area contributed by atoms with Crippen LogP contribution < -0.4 is 14.7 Å². The average Bonchev–Trinajstić information content (AvgIpc) is 3.34. The third kappa shape index (κ3) is 5.08. The van der Waals surface area contributed by atoms with Crippen molar-refractivity contribution in [2.24, 2.45) is 0 Å². The fraction of sp³-hybridized carbons (Fsp3) is 0.429. The van der Waals surface area contributed by atoms with Crippen molar-refractivity contribution in [1.29, 1.82) is 0 Å². The Balaban J connectivity index is 1.42. The summed E-state index contributed by atoms with van der Waals surface area (Å²) in [4.78, 5) is 33.2. The zero-order valence-electron chi connectivity index (χ0n) is 21.8. The predicted molar refractivity (Wildman–Crippen MR) is 143 cm³/mol. The second-order valence-electron chi connectivity index (χ2n) is 9.95. The van der Waals surface area contributed by atoms with Gasteiger partial charge in [-0.3, -0.25) is 0 Å². The number of hydrogen-bond acceptors (Lipinski definition) is 8. The minimum Gasteiger partial charge on any atom is -0.465 e. The van der Waals surface area contributed by atoms with Crippen LogP contribution in [0.3, 0.4) is 0 Å². The van der Waals surface area contributed by atoms with Crippen molar-refractivity contribution in [2.75, 3.05) is 48.0 Å². The molecule has 3 aromatic rings. The van der Waals surface area contributed by atoms with Gasteiger partial charge in [0.05, 0.1) is 18.4 Å². The lowest BCUT2D eigenvalue weighted by atomic mass is 10.1. The minimum atomic E-state index is -0.385. The maximum atomic E-state index is 13.6. The summed E-state index contributed by atoms with van der Waals surface area (Å²) in [6, 6.07) is 10.9. The van der Waals surface area contributed by atoms with Gasteiger partial charge in [0.2, 0.25) is 5.95 Å². The van der Waals surface area contributed by atoms with E-state index >= 15 is 0 Å². The number of hydrogen-bond donors (Lipinski definition) is 0. The highest BCUT2D eigenvalue weighted by Gasteiger charge is 2.29. The van der Waals surface area contributed by atoms with Gasteiger partial charge in [0.15, 0.2) is 0 Å². The molecule has 2 atom stereocenters. The van der Waals surface area contributed by atoms with Crippen LogP contribution in [0.1, 0.15) is 42.6 Å². The molecule has 0 aliphatic carbocycles. The Labute approximate surface area is 217 Å². The maximum absolute atomic E-state index is 13.6. The molecule has 5 rings (SSSR count). The molecule has 2 aliphatic rings. The number of anilines is 3. The molecule has 9 heteroatoms. The first-order valence-corrected chi connectivity index (χ1v) is 12.8. The molecule has 0 bridgehead atoms. The average molecular weight is 505 g/mol. The lowest BCUT2D eigenvalue weighted by molar-refractivity contribution is 0.0600. The van der Waals surface area contributed by atoms with Gasteiger partial charge in [0.1, 0.15) is 17.5 Å². The van der Waals surface area contributed by atoms with Gasteiger partial charge in [0, 0.05) is 56.1 Å². The predicted octanol–water partition coefficient (Wildman–Crippen LogP) is 4.48. The summed E-state index contributed by atoms with van der Waals surface area (Å²) in [7, 11) is 1.37. The van der Waals surface area contributed by atoms with E-state index in [0.29, 0.717) is 11.6 Å². The Morgan fingerprint density at radius 2 is 1.81 bits per heavy atom. The molecule has 0 amide bonds. The summed E-state index contributed by atoms with van der Waals surface area (Å²) in [6.45, 7) is 9.58. The molecule has 1 aromatic carbocycles. The third-order valence-corrected chi connectivity index (χ3v) is 7.34. The first kappa shape index (κ1) is 24.9. The standard InChI is InChI=1S/C28H33FN6O2/c1-18-14-22(27(36)37-4)16-30-26(18)33-12-13-34(20(3)17-33)25-15-24(21-7-9-23(29)10-8-21)31-28(32-25)35-11-5-6-19(35)2/h7-10,14-16,19-20H,5-6,11-13,17H2,1-4H3. The van der Waals surface area contributed by atoms with Gasteiger partial charge >= 0.3 is 5.97 Å². The first-order valence-electron chi connectivity index (χ1n) is 12.8. The number of pyridine rings is 1. The van der Waals surface area contributed by atoms with E-state index in [1.54, 1.807) is 18.3 Å². The number of aryl methyl sites for hydroxylation is 1. The Morgan fingerprint density at radius 1 is 1.03 bits per heavy atom. The van der Waals surface area contributed by atoms with Crippen molar-refractivity contribution >= 4 is 23.6 Å². The number of aromatic nitrogens is 3. The molecule has 0 saturated carbocycles. The third-order valence-electron chi connectivity index (χ3n) is 7.34. The minimum absolute atomic E-state index is 0.162. The molecule has 2 aromatic heterocycles. The lowest BCUT2D eigenvalue weighted by Crippen LogP contribution is -2.53. The van der Waals surface area contributed by atoms with E-state index < -0.39 is 0 Å². The van der Waals surface area contributed by atoms with Crippen LogP contribution in [0.2, 0.25) is 0 Å². The van der Waals surface area contributed by atoms with E-state index in [0.717, 1.165) is 73.4 Å². The Hall–Kier alpha value is -3.75. The van der Waals surface area contributed by atoms with E-state index in [2.05, 4.69) is 33.5 Å². The summed E-state index contributed by atoms with van der Waals surface area (Å²) in [5.41, 5.74) is 3.06. The largest absolute Gasteiger partial charge is 0.465 e. The number of rotatable bonds is 5. The van der Waals surface area contributed by atoms with Gasteiger partial charge in [0.25, 0.3) is 0 Å². The highest BCUT2D eigenvalue weighted by Crippen LogP contribution is 2.31. The number of methoxy groups -OCH3 is 1. The number of esters is 1. The van der Waals surface area contributed by atoms with Crippen molar-refractivity contribution in [3.05, 3.63) is 59.5 Å². The fourth-order valence-corrected chi connectivity index (χ4v) is 5.31. The fourth-order valence-electron chi connectivity index (χ4n) is 5.31. The highest BCUT2D eigenvalue weighted by molar-refractivity contribution is 5.89. The number of carbonyl (C=O) groups is 1. The van der Waals surface area contributed by atoms with Crippen molar-refractivity contribution in [3.8, 4) is 11.3 Å². The second kappa shape index (κ2) is 10.3. The van der Waals surface area contributed by atoms with Gasteiger partial charge in [-0.1, -0.05) is 0 Å². The molecular formula is C28H33FN6O2. The summed E-state index contributed by atoms with van der Waals surface area (Å²) in [5.74, 6) is 1.83. The second-order valence-corrected chi connectivity index (χ2v) is 9.95. The summed E-state index contributed by atoms with van der Waals surface area (Å²) >= 11 is 0. The molecule has 4 heterocycles. The first-order chi connectivity index (χ1) is 17.8. The van der Waals surface area contributed by atoms with Crippen LogP contribution in [-0.4, -0.2) is 66.3 Å². The van der Waals surface area contributed by atoms with Crippen LogP contribution in [0.4, 0.5) is 22.0 Å². The molecule has 2 saturated heterocycles. The van der Waals surface area contributed by atoms with E-state index in [4.69, 9.17) is 14.7 Å². The van der Waals surface area contributed by atoms with Crippen molar-refractivity contribution in [2.45, 2.75) is 45.7 Å². The highest BCUT2D eigenvalue weighted by atomic mass is 19.1. The number of nitrogens with zero attached hydrogens (tertiary/aromatic N) is 6. The summed E-state index contributed by atoms with van der Waals surface area (Å²) in [5, 5.41) is 0. The Bertz CT molecular complexity index is 1280. The number of ether oxygens (including phenoxy) is 1. The molecule has 0 spiro atoms. The summed E-state index contributed by atoms with van der Waals surface area (Å²) in [6.07, 6.45) is 3.82. The molecule has 194 valence electrons. The smallest absolute Gasteiger partial charge is 0.339 e. The molecule has 2 fully saturated rings. The zero-order chi connectivity index (χ0) is 26.1. The normalized spacial score (nSPS) is 19.9. The number of halogens is 1. The van der Waals surface area contributed by atoms with Crippen LogP contribution in [0.5, 0.6) is 0 Å². The molecule has 0 N–H and O–H groups in total. The van der Waals surface area contributed by atoms with Gasteiger partial charge in [-0.25, -0.2) is 19.2 Å². The SMILES string of the molecule is COC(=O)c1cnc(N2CCN(c3cc(-c4ccc(F)cc4)nc(N4CCCC4C)n3)C(C)C2)c(C)c1. The van der Waals surface area contributed by atoms with Gasteiger partial charge in [-0.2, -0.15) is 4.98 Å². The quantitative estimate of drug-likeness (QED) is 0.471. The van der Waals surface area contributed by atoms with Crippen molar-refractivity contribution < 1.29 is 13.9 Å². The van der Waals surface area contributed by atoms with Crippen molar-refractivity contribution in [1.82, 2.24) is 15.0 Å². The van der Waals surface area contributed by atoms with Crippen LogP contribution in [0, 0.1) is 12.7 Å².